The van der Waals surface area contributed by atoms with Gasteiger partial charge in [0.25, 0.3) is 0 Å². The molecule has 1 saturated heterocycles. The van der Waals surface area contributed by atoms with Crippen LogP contribution in [0.15, 0.2) is 60.7 Å². The van der Waals surface area contributed by atoms with Crippen LogP contribution in [0.2, 0.25) is 0 Å². The van der Waals surface area contributed by atoms with E-state index in [1.807, 2.05) is 55.5 Å². The van der Waals surface area contributed by atoms with Crippen molar-refractivity contribution in [2.24, 2.45) is 5.92 Å². The zero-order chi connectivity index (χ0) is 21.0. The number of imide groups is 1. The SMILES string of the molecule is CC[C@H](CBr)N1C(=O)[C@@H](C(=O)Nc2ccccc2)[C@@H](C)N(c2ccccc2)C1=O. The van der Waals surface area contributed by atoms with Gasteiger partial charge in [-0.2, -0.15) is 0 Å². The van der Waals surface area contributed by atoms with E-state index in [1.165, 1.54) is 4.90 Å². The van der Waals surface area contributed by atoms with Gasteiger partial charge in [-0.1, -0.05) is 59.3 Å². The molecule has 152 valence electrons. The van der Waals surface area contributed by atoms with E-state index in [0.717, 1.165) is 0 Å². The molecule has 0 aliphatic carbocycles. The molecule has 3 atom stereocenters. The minimum atomic E-state index is -1.01. The van der Waals surface area contributed by atoms with E-state index in [9.17, 15) is 14.4 Å². The third kappa shape index (κ3) is 4.19. The van der Waals surface area contributed by atoms with Crippen LogP contribution in [0, 0.1) is 5.92 Å². The number of anilines is 2. The zero-order valence-electron chi connectivity index (χ0n) is 16.4. The van der Waals surface area contributed by atoms with Crippen molar-refractivity contribution in [3.05, 3.63) is 60.7 Å². The maximum Gasteiger partial charge on any atom is 0.331 e. The monoisotopic (exact) mass is 457 g/mol. The van der Waals surface area contributed by atoms with Gasteiger partial charge in [0.15, 0.2) is 0 Å². The predicted octanol–water partition coefficient (Wildman–Crippen LogP) is 4.27. The van der Waals surface area contributed by atoms with Gasteiger partial charge in [0, 0.05) is 16.7 Å². The fraction of sp³-hybridized carbons (Fsp3) is 0.318. The van der Waals surface area contributed by atoms with Crippen LogP contribution in [0.4, 0.5) is 16.2 Å². The molecule has 0 unspecified atom stereocenters. The molecule has 0 spiro atoms. The Kier molecular flexibility index (Phi) is 6.69. The highest BCUT2D eigenvalue weighted by molar-refractivity contribution is 9.09. The van der Waals surface area contributed by atoms with Crippen LogP contribution in [0.5, 0.6) is 0 Å². The van der Waals surface area contributed by atoms with Crippen molar-refractivity contribution in [3.8, 4) is 0 Å². The highest BCUT2D eigenvalue weighted by Crippen LogP contribution is 2.31. The summed E-state index contributed by atoms with van der Waals surface area (Å²) in [6, 6.07) is 16.8. The summed E-state index contributed by atoms with van der Waals surface area (Å²) in [5.74, 6) is -1.90. The average molecular weight is 458 g/mol. The number of hydrogen-bond donors (Lipinski definition) is 1. The van der Waals surface area contributed by atoms with E-state index in [-0.39, 0.29) is 6.04 Å². The molecule has 2 aromatic rings. The highest BCUT2D eigenvalue weighted by atomic mass is 79.9. The molecule has 3 rings (SSSR count). The molecular formula is C22H24BrN3O3. The molecule has 4 amide bonds. The first-order valence-corrected chi connectivity index (χ1v) is 10.7. The minimum Gasteiger partial charge on any atom is -0.325 e. The first-order chi connectivity index (χ1) is 14.0. The molecule has 1 fully saturated rings. The summed E-state index contributed by atoms with van der Waals surface area (Å²) >= 11 is 3.40. The zero-order valence-corrected chi connectivity index (χ0v) is 18.0. The fourth-order valence-corrected chi connectivity index (χ4v) is 4.34. The largest absolute Gasteiger partial charge is 0.331 e. The molecule has 6 nitrogen and oxygen atoms in total. The molecule has 0 radical (unpaired) electrons. The van der Waals surface area contributed by atoms with Crippen molar-refractivity contribution in [1.29, 1.82) is 0 Å². The lowest BCUT2D eigenvalue weighted by atomic mass is 9.92. The second-order valence-corrected chi connectivity index (χ2v) is 7.63. The third-order valence-electron chi connectivity index (χ3n) is 5.18. The summed E-state index contributed by atoms with van der Waals surface area (Å²) in [7, 11) is 0. The number of rotatable bonds is 6. The third-order valence-corrected chi connectivity index (χ3v) is 5.93. The van der Waals surface area contributed by atoms with Crippen LogP contribution in [0.3, 0.4) is 0 Å². The lowest BCUT2D eigenvalue weighted by Crippen LogP contribution is -2.66. The predicted molar refractivity (Wildman–Crippen MR) is 117 cm³/mol. The molecule has 0 aromatic heterocycles. The smallest absolute Gasteiger partial charge is 0.325 e. The Morgan fingerprint density at radius 1 is 1.07 bits per heavy atom. The fourth-order valence-electron chi connectivity index (χ4n) is 3.59. The van der Waals surface area contributed by atoms with Crippen molar-refractivity contribution >= 4 is 45.2 Å². The van der Waals surface area contributed by atoms with Gasteiger partial charge >= 0.3 is 6.03 Å². The van der Waals surface area contributed by atoms with Gasteiger partial charge in [-0.05, 0) is 37.6 Å². The molecule has 7 heteroatoms. The Balaban J connectivity index is 2.00. The maximum absolute atomic E-state index is 13.3. The Hall–Kier alpha value is -2.67. The van der Waals surface area contributed by atoms with Crippen LogP contribution in [-0.4, -0.2) is 40.2 Å². The van der Waals surface area contributed by atoms with Crippen LogP contribution < -0.4 is 10.2 Å². The Morgan fingerprint density at radius 3 is 2.21 bits per heavy atom. The van der Waals surface area contributed by atoms with Crippen molar-refractivity contribution in [2.75, 3.05) is 15.5 Å². The topological polar surface area (TPSA) is 69.7 Å². The van der Waals surface area contributed by atoms with Gasteiger partial charge in [-0.25, -0.2) is 4.79 Å². The molecule has 1 N–H and O–H groups in total. The summed E-state index contributed by atoms with van der Waals surface area (Å²) in [5.41, 5.74) is 1.27. The maximum atomic E-state index is 13.3. The number of para-hydroxylation sites is 2. The number of benzene rings is 2. The van der Waals surface area contributed by atoms with Crippen LogP contribution in [0.1, 0.15) is 20.3 Å². The first kappa shape index (κ1) is 21.0. The van der Waals surface area contributed by atoms with E-state index >= 15 is 0 Å². The number of carbonyl (C=O) groups excluding carboxylic acids is 3. The Morgan fingerprint density at radius 2 is 1.66 bits per heavy atom. The molecule has 1 aliphatic rings. The number of urea groups is 1. The normalized spacial score (nSPS) is 20.5. The number of nitrogens with one attached hydrogen (secondary N) is 1. The van der Waals surface area contributed by atoms with Gasteiger partial charge in [-0.3, -0.25) is 19.4 Å². The van der Waals surface area contributed by atoms with Crippen molar-refractivity contribution in [3.63, 3.8) is 0 Å². The highest BCUT2D eigenvalue weighted by Gasteiger charge is 2.50. The van der Waals surface area contributed by atoms with E-state index in [4.69, 9.17) is 0 Å². The summed E-state index contributed by atoms with van der Waals surface area (Å²) in [6.07, 6.45) is 0.590. The number of carbonyl (C=O) groups is 3. The number of amides is 4. The van der Waals surface area contributed by atoms with E-state index in [1.54, 1.807) is 24.0 Å². The van der Waals surface area contributed by atoms with Crippen LogP contribution >= 0.6 is 15.9 Å². The van der Waals surface area contributed by atoms with Gasteiger partial charge in [0.1, 0.15) is 5.92 Å². The second kappa shape index (κ2) is 9.22. The lowest BCUT2D eigenvalue weighted by molar-refractivity contribution is -0.141. The Bertz CT molecular complexity index is 871. The van der Waals surface area contributed by atoms with Crippen molar-refractivity contribution in [2.45, 2.75) is 32.4 Å². The number of hydrogen-bond acceptors (Lipinski definition) is 3. The van der Waals surface area contributed by atoms with Gasteiger partial charge in [0.2, 0.25) is 11.8 Å². The summed E-state index contributed by atoms with van der Waals surface area (Å²) in [5, 5.41) is 3.27. The van der Waals surface area contributed by atoms with Gasteiger partial charge in [-0.15, -0.1) is 0 Å². The molecule has 1 heterocycles. The standard InChI is InChI=1S/C22H24BrN3O3/c1-3-17(14-23)26-21(28)19(20(27)24-16-10-6-4-7-11-16)15(2)25(22(26)29)18-12-8-5-9-13-18/h4-13,15,17,19H,3,14H2,1-2H3,(H,24,27)/t15-,17-,19-/m1/s1. The van der Waals surface area contributed by atoms with Crippen LogP contribution in [-0.2, 0) is 9.59 Å². The summed E-state index contributed by atoms with van der Waals surface area (Å²) < 4.78 is 0. The molecule has 0 saturated carbocycles. The number of nitrogens with zero attached hydrogens (tertiary/aromatic N) is 2. The quantitative estimate of drug-likeness (QED) is 0.519. The molecule has 2 aromatic carbocycles. The molecular weight excluding hydrogens is 434 g/mol. The van der Waals surface area contributed by atoms with Crippen LogP contribution in [0.25, 0.3) is 0 Å². The summed E-state index contributed by atoms with van der Waals surface area (Å²) in [4.78, 5) is 42.5. The Labute approximate surface area is 179 Å². The molecule has 0 bridgehead atoms. The first-order valence-electron chi connectivity index (χ1n) is 9.62. The minimum absolute atomic E-state index is 0.333. The van der Waals surface area contributed by atoms with Crippen molar-refractivity contribution in [1.82, 2.24) is 4.90 Å². The van der Waals surface area contributed by atoms with E-state index in [2.05, 4.69) is 21.2 Å². The lowest BCUT2D eigenvalue weighted by Gasteiger charge is -2.44. The summed E-state index contributed by atoms with van der Waals surface area (Å²) in [6.45, 7) is 3.65. The average Bonchev–Trinajstić information content (AvgIpc) is 2.72. The van der Waals surface area contributed by atoms with Gasteiger partial charge in [0.05, 0.1) is 12.1 Å². The molecule has 29 heavy (non-hydrogen) atoms. The van der Waals surface area contributed by atoms with Crippen molar-refractivity contribution < 1.29 is 14.4 Å². The number of halogens is 1. The van der Waals surface area contributed by atoms with E-state index in [0.29, 0.717) is 23.1 Å². The van der Waals surface area contributed by atoms with Gasteiger partial charge < -0.3 is 5.32 Å². The number of alkyl halides is 1. The molecule has 1 aliphatic heterocycles. The van der Waals surface area contributed by atoms with E-state index < -0.39 is 29.8 Å². The second-order valence-electron chi connectivity index (χ2n) is 6.99.